The van der Waals surface area contributed by atoms with Crippen molar-refractivity contribution in [1.29, 1.82) is 0 Å². The van der Waals surface area contributed by atoms with Gasteiger partial charge in [-0.05, 0) is 68.2 Å². The molecule has 0 amide bonds. The largest absolute Gasteiger partial charge is 0.378 e. The van der Waals surface area contributed by atoms with Crippen LogP contribution in [0.15, 0.2) is 42.5 Å². The summed E-state index contributed by atoms with van der Waals surface area (Å²) in [7, 11) is -3.68. The quantitative estimate of drug-likeness (QED) is 0.243. The van der Waals surface area contributed by atoms with E-state index in [1.807, 2.05) is 0 Å². The highest BCUT2D eigenvalue weighted by molar-refractivity contribution is 7.92. The lowest BCUT2D eigenvalue weighted by molar-refractivity contribution is 0.143. The first-order valence-corrected chi connectivity index (χ1v) is 13.5. The topological polar surface area (TPSA) is 136 Å². The SMILES string of the molecule is CC(C)(O)C#Cc1ccc(-c2ccc(Cl)n3c(NS(C)(=O)=O)nnc23)c([C@@H](N)Cc2cc(F)cc(F)c2)n1. The Labute approximate surface area is 222 Å². The van der Waals surface area contributed by atoms with E-state index in [9.17, 15) is 22.3 Å². The van der Waals surface area contributed by atoms with E-state index in [0.29, 0.717) is 28.1 Å². The molecule has 198 valence electrons. The normalized spacial score (nSPS) is 12.7. The number of hydrogen-bond acceptors (Lipinski definition) is 7. The van der Waals surface area contributed by atoms with Crippen molar-refractivity contribution in [1.82, 2.24) is 19.6 Å². The Kier molecular flexibility index (Phi) is 7.40. The van der Waals surface area contributed by atoms with Gasteiger partial charge in [-0.2, -0.15) is 0 Å². The zero-order valence-electron chi connectivity index (χ0n) is 20.5. The van der Waals surface area contributed by atoms with Crippen LogP contribution >= 0.6 is 11.6 Å². The fraction of sp³-hybridized carbons (Fsp3) is 0.240. The van der Waals surface area contributed by atoms with Gasteiger partial charge in [0.05, 0.1) is 18.0 Å². The lowest BCUT2D eigenvalue weighted by atomic mass is 9.96. The summed E-state index contributed by atoms with van der Waals surface area (Å²) >= 11 is 6.34. The molecule has 4 N–H and O–H groups in total. The molecule has 4 aromatic rings. The maximum absolute atomic E-state index is 13.8. The Hall–Kier alpha value is -3.63. The molecule has 1 aromatic carbocycles. The summed E-state index contributed by atoms with van der Waals surface area (Å²) in [6, 6.07) is 8.76. The molecule has 4 rings (SSSR count). The van der Waals surface area contributed by atoms with Crippen LogP contribution in [0, 0.1) is 23.5 Å². The van der Waals surface area contributed by atoms with Crippen molar-refractivity contribution >= 4 is 33.2 Å². The number of nitrogens with two attached hydrogens (primary N) is 1. The van der Waals surface area contributed by atoms with Gasteiger partial charge in [0.1, 0.15) is 28.1 Å². The molecule has 3 heterocycles. The lowest BCUT2D eigenvalue weighted by Crippen LogP contribution is -2.18. The number of pyridine rings is 2. The monoisotopic (exact) mass is 560 g/mol. The first kappa shape index (κ1) is 27.4. The van der Waals surface area contributed by atoms with Crippen molar-refractivity contribution in [2.75, 3.05) is 11.0 Å². The number of nitrogens with zero attached hydrogens (tertiary/aromatic N) is 4. The van der Waals surface area contributed by atoms with Crippen LogP contribution in [0.2, 0.25) is 5.15 Å². The molecule has 0 saturated heterocycles. The Morgan fingerprint density at radius 1 is 1.13 bits per heavy atom. The van der Waals surface area contributed by atoms with Crippen molar-refractivity contribution < 1.29 is 22.3 Å². The number of aliphatic hydroxyl groups is 1. The highest BCUT2D eigenvalue weighted by atomic mass is 35.5. The Bertz CT molecular complexity index is 1690. The van der Waals surface area contributed by atoms with Gasteiger partial charge in [-0.3, -0.25) is 4.72 Å². The standard InChI is InChI=1S/C25H23ClF2N6O3S/c1-25(2,35)9-8-17-4-5-18(22(30-17)20(29)12-14-10-15(27)13-16(28)11-14)19-6-7-21(26)34-23(19)31-32-24(34)33-38(3,36)37/h4-7,10-11,13,20,35H,12,29H2,1-3H3,(H,32,33)/t20-/m0/s1. The third-order valence-corrected chi connectivity index (χ3v) is 6.07. The number of halogens is 3. The molecule has 0 aliphatic heterocycles. The Morgan fingerprint density at radius 2 is 1.79 bits per heavy atom. The molecular formula is C25H23ClF2N6O3S. The number of hydrogen-bond donors (Lipinski definition) is 3. The number of fused-ring (bicyclic) bond motifs is 1. The second kappa shape index (κ2) is 10.3. The maximum atomic E-state index is 13.8. The zero-order valence-corrected chi connectivity index (χ0v) is 22.1. The average molecular weight is 561 g/mol. The van der Waals surface area contributed by atoms with Gasteiger partial charge in [0.15, 0.2) is 5.65 Å². The molecule has 0 fully saturated rings. The average Bonchev–Trinajstić information content (AvgIpc) is 3.19. The minimum atomic E-state index is -3.68. The van der Waals surface area contributed by atoms with Gasteiger partial charge in [0.25, 0.3) is 0 Å². The van der Waals surface area contributed by atoms with Crippen LogP contribution in [0.1, 0.15) is 36.8 Å². The number of benzene rings is 1. The fourth-order valence-electron chi connectivity index (χ4n) is 3.76. The number of anilines is 1. The highest BCUT2D eigenvalue weighted by Crippen LogP contribution is 2.33. The van der Waals surface area contributed by atoms with E-state index in [2.05, 4.69) is 31.7 Å². The van der Waals surface area contributed by atoms with Crippen LogP contribution < -0.4 is 10.5 Å². The summed E-state index contributed by atoms with van der Waals surface area (Å²) in [4.78, 5) is 4.59. The van der Waals surface area contributed by atoms with Crippen molar-refractivity contribution in [2.24, 2.45) is 5.73 Å². The van der Waals surface area contributed by atoms with Crippen LogP contribution in [0.4, 0.5) is 14.7 Å². The Morgan fingerprint density at radius 3 is 2.42 bits per heavy atom. The van der Waals surface area contributed by atoms with E-state index in [1.54, 1.807) is 18.2 Å². The second-order valence-corrected chi connectivity index (χ2v) is 11.3. The fourth-order valence-corrected chi connectivity index (χ4v) is 4.44. The van der Waals surface area contributed by atoms with Gasteiger partial charge in [0, 0.05) is 17.2 Å². The molecule has 3 aromatic heterocycles. The third kappa shape index (κ3) is 6.43. The molecule has 13 heteroatoms. The molecule has 0 spiro atoms. The minimum Gasteiger partial charge on any atom is -0.378 e. The summed E-state index contributed by atoms with van der Waals surface area (Å²) in [5, 5.41) is 18.2. The first-order chi connectivity index (χ1) is 17.7. The van der Waals surface area contributed by atoms with Crippen LogP contribution in [0.3, 0.4) is 0 Å². The molecule has 0 saturated carbocycles. The van der Waals surface area contributed by atoms with Gasteiger partial charge < -0.3 is 10.8 Å². The molecule has 9 nitrogen and oxygen atoms in total. The number of sulfonamides is 1. The van der Waals surface area contributed by atoms with Crippen LogP contribution in [-0.4, -0.2) is 45.0 Å². The predicted molar refractivity (Wildman–Crippen MR) is 140 cm³/mol. The molecule has 38 heavy (non-hydrogen) atoms. The minimum absolute atomic E-state index is 0.0362. The number of aromatic nitrogens is 4. The Balaban J connectivity index is 1.88. The van der Waals surface area contributed by atoms with Gasteiger partial charge in [0.2, 0.25) is 16.0 Å². The van der Waals surface area contributed by atoms with Crippen molar-refractivity contribution in [3.05, 3.63) is 76.2 Å². The highest BCUT2D eigenvalue weighted by Gasteiger charge is 2.22. The summed E-state index contributed by atoms with van der Waals surface area (Å²) < 4.78 is 54.8. The molecule has 0 bridgehead atoms. The molecule has 0 radical (unpaired) electrons. The predicted octanol–water partition coefficient (Wildman–Crippen LogP) is 3.46. The maximum Gasteiger partial charge on any atom is 0.243 e. The molecule has 1 atom stereocenters. The summed E-state index contributed by atoms with van der Waals surface area (Å²) in [6.07, 6.45) is 1.00. The van der Waals surface area contributed by atoms with Gasteiger partial charge in [-0.1, -0.05) is 17.5 Å². The van der Waals surface area contributed by atoms with E-state index in [4.69, 9.17) is 17.3 Å². The van der Waals surface area contributed by atoms with E-state index >= 15 is 0 Å². The van der Waals surface area contributed by atoms with Crippen molar-refractivity contribution in [2.45, 2.75) is 31.9 Å². The molecule has 0 aliphatic rings. The van der Waals surface area contributed by atoms with Gasteiger partial charge >= 0.3 is 0 Å². The van der Waals surface area contributed by atoms with E-state index in [-0.39, 0.29) is 23.2 Å². The lowest BCUT2D eigenvalue weighted by Gasteiger charge is -2.17. The van der Waals surface area contributed by atoms with E-state index < -0.39 is 33.3 Å². The summed E-state index contributed by atoms with van der Waals surface area (Å²) in [5.74, 6) is 3.89. The molecular weight excluding hydrogens is 538 g/mol. The van der Waals surface area contributed by atoms with Crippen LogP contribution in [0.5, 0.6) is 0 Å². The van der Waals surface area contributed by atoms with E-state index in [1.165, 1.54) is 36.4 Å². The molecule has 0 unspecified atom stereocenters. The molecule has 0 aliphatic carbocycles. The smallest absolute Gasteiger partial charge is 0.243 e. The first-order valence-electron chi connectivity index (χ1n) is 11.2. The van der Waals surface area contributed by atoms with Crippen molar-refractivity contribution in [3.8, 4) is 23.0 Å². The van der Waals surface area contributed by atoms with Gasteiger partial charge in [-0.15, -0.1) is 10.2 Å². The van der Waals surface area contributed by atoms with Crippen molar-refractivity contribution in [3.63, 3.8) is 0 Å². The summed E-state index contributed by atoms with van der Waals surface area (Å²) in [6.45, 7) is 3.05. The van der Waals surface area contributed by atoms with Gasteiger partial charge in [-0.25, -0.2) is 26.6 Å². The number of rotatable bonds is 6. The zero-order chi connectivity index (χ0) is 27.8. The number of nitrogens with one attached hydrogen (secondary N) is 1. The summed E-state index contributed by atoms with van der Waals surface area (Å²) in [5.41, 5.74) is 7.36. The second-order valence-electron chi connectivity index (χ2n) is 9.15. The third-order valence-electron chi connectivity index (χ3n) is 5.22. The van der Waals surface area contributed by atoms with E-state index in [0.717, 1.165) is 12.3 Å². The van der Waals surface area contributed by atoms with Crippen LogP contribution in [-0.2, 0) is 16.4 Å². The van der Waals surface area contributed by atoms with Crippen LogP contribution in [0.25, 0.3) is 16.8 Å².